The number of carbonyl (C=O) groups is 1. The summed E-state index contributed by atoms with van der Waals surface area (Å²) in [5.41, 5.74) is 0. The van der Waals surface area contributed by atoms with Gasteiger partial charge < -0.3 is 4.74 Å². The van der Waals surface area contributed by atoms with E-state index < -0.39 is 12.1 Å². The zero-order valence-electron chi connectivity index (χ0n) is 14.0. The van der Waals surface area contributed by atoms with Crippen molar-refractivity contribution in [3.63, 3.8) is 0 Å². The minimum absolute atomic E-state index is 0.0751. The first-order valence-electron chi connectivity index (χ1n) is 9.14. The lowest BCUT2D eigenvalue weighted by Gasteiger charge is -2.37. The maximum atomic E-state index is 12.1. The SMILES string of the molecule is CCCC1CCC(C2CCC(COC(=O)C(F)(F)F)CC2)CC1. The fourth-order valence-corrected chi connectivity index (χ4v) is 4.46. The van der Waals surface area contributed by atoms with Gasteiger partial charge in [0.15, 0.2) is 0 Å². The van der Waals surface area contributed by atoms with Gasteiger partial charge in [-0.3, -0.25) is 0 Å². The van der Waals surface area contributed by atoms with Crippen LogP contribution in [0.5, 0.6) is 0 Å². The second-order valence-electron chi connectivity index (χ2n) is 7.45. The number of ether oxygens (including phenoxy) is 1. The Morgan fingerprint density at radius 2 is 1.39 bits per heavy atom. The van der Waals surface area contributed by atoms with Gasteiger partial charge in [-0.25, -0.2) is 4.79 Å². The molecule has 134 valence electrons. The molecule has 0 atom stereocenters. The first-order valence-corrected chi connectivity index (χ1v) is 9.14. The van der Waals surface area contributed by atoms with E-state index in [1.807, 2.05) is 0 Å². The Morgan fingerprint density at radius 3 is 1.83 bits per heavy atom. The van der Waals surface area contributed by atoms with Gasteiger partial charge >= 0.3 is 12.1 Å². The monoisotopic (exact) mass is 334 g/mol. The van der Waals surface area contributed by atoms with E-state index in [2.05, 4.69) is 11.7 Å². The number of hydrogen-bond donors (Lipinski definition) is 0. The lowest BCUT2D eigenvalue weighted by Crippen LogP contribution is -2.30. The molecular formula is C18H29F3O2. The summed E-state index contributed by atoms with van der Waals surface area (Å²) < 4.78 is 40.8. The van der Waals surface area contributed by atoms with Crippen LogP contribution in [0, 0.1) is 23.7 Å². The van der Waals surface area contributed by atoms with Gasteiger partial charge in [-0.2, -0.15) is 13.2 Å². The van der Waals surface area contributed by atoms with Crippen molar-refractivity contribution in [2.45, 2.75) is 77.3 Å². The molecular weight excluding hydrogens is 305 g/mol. The third kappa shape index (κ3) is 5.68. The van der Waals surface area contributed by atoms with Crippen LogP contribution in [0.25, 0.3) is 0 Å². The van der Waals surface area contributed by atoms with E-state index in [0.717, 1.165) is 43.4 Å². The molecule has 0 aromatic heterocycles. The lowest BCUT2D eigenvalue weighted by molar-refractivity contribution is -0.201. The fourth-order valence-electron chi connectivity index (χ4n) is 4.46. The number of esters is 1. The van der Waals surface area contributed by atoms with Crippen LogP contribution in [0.1, 0.15) is 71.1 Å². The zero-order chi connectivity index (χ0) is 16.9. The topological polar surface area (TPSA) is 26.3 Å². The number of hydrogen-bond acceptors (Lipinski definition) is 2. The minimum atomic E-state index is -4.87. The van der Waals surface area contributed by atoms with E-state index in [4.69, 9.17) is 0 Å². The summed E-state index contributed by atoms with van der Waals surface area (Å²) in [6.07, 6.45) is 7.05. The van der Waals surface area contributed by atoms with E-state index in [9.17, 15) is 18.0 Å². The van der Waals surface area contributed by atoms with Crippen LogP contribution in [-0.2, 0) is 9.53 Å². The van der Waals surface area contributed by atoms with Crippen LogP contribution >= 0.6 is 0 Å². The molecule has 2 aliphatic carbocycles. The quantitative estimate of drug-likeness (QED) is 0.620. The van der Waals surface area contributed by atoms with Crippen molar-refractivity contribution >= 4 is 5.97 Å². The highest BCUT2D eigenvalue weighted by Gasteiger charge is 2.41. The van der Waals surface area contributed by atoms with Crippen LogP contribution in [0.4, 0.5) is 13.2 Å². The molecule has 0 aromatic carbocycles. The Kier molecular flexibility index (Phi) is 6.78. The van der Waals surface area contributed by atoms with Crippen LogP contribution in [0.2, 0.25) is 0 Å². The molecule has 0 aromatic rings. The maximum absolute atomic E-state index is 12.1. The number of halogens is 3. The van der Waals surface area contributed by atoms with Crippen molar-refractivity contribution in [1.82, 2.24) is 0 Å². The second kappa shape index (κ2) is 8.39. The van der Waals surface area contributed by atoms with Gasteiger partial charge in [0.1, 0.15) is 0 Å². The Balaban J connectivity index is 1.65. The van der Waals surface area contributed by atoms with Crippen molar-refractivity contribution in [3.05, 3.63) is 0 Å². The third-order valence-electron chi connectivity index (χ3n) is 5.83. The third-order valence-corrected chi connectivity index (χ3v) is 5.83. The highest BCUT2D eigenvalue weighted by Crippen LogP contribution is 2.42. The van der Waals surface area contributed by atoms with E-state index >= 15 is 0 Å². The largest absolute Gasteiger partial charge is 0.490 e. The molecule has 0 bridgehead atoms. The van der Waals surface area contributed by atoms with Gasteiger partial charge in [-0.1, -0.05) is 32.6 Å². The minimum Gasteiger partial charge on any atom is -0.459 e. The summed E-state index contributed by atoms with van der Waals surface area (Å²) in [6, 6.07) is 0. The Bertz CT molecular complexity index is 365. The van der Waals surface area contributed by atoms with Crippen LogP contribution < -0.4 is 0 Å². The molecule has 0 aliphatic heterocycles. The van der Waals surface area contributed by atoms with Crippen molar-refractivity contribution in [2.24, 2.45) is 23.7 Å². The maximum Gasteiger partial charge on any atom is 0.490 e. The Labute approximate surface area is 137 Å². The molecule has 2 fully saturated rings. The standard InChI is InChI=1S/C18H29F3O2/c1-2-3-13-4-8-15(9-5-13)16-10-6-14(7-11-16)12-23-17(22)18(19,20)21/h13-16H,2-12H2,1H3. The molecule has 0 N–H and O–H groups in total. The molecule has 0 heterocycles. The van der Waals surface area contributed by atoms with Crippen molar-refractivity contribution < 1.29 is 22.7 Å². The smallest absolute Gasteiger partial charge is 0.459 e. The molecule has 2 aliphatic rings. The summed E-state index contributed by atoms with van der Waals surface area (Å²) in [7, 11) is 0. The summed E-state index contributed by atoms with van der Waals surface area (Å²) in [5, 5.41) is 0. The number of alkyl halides is 3. The lowest BCUT2D eigenvalue weighted by atomic mass is 9.69. The zero-order valence-corrected chi connectivity index (χ0v) is 14.0. The predicted molar refractivity (Wildman–Crippen MR) is 82.8 cm³/mol. The van der Waals surface area contributed by atoms with Crippen molar-refractivity contribution in [2.75, 3.05) is 6.61 Å². The average molecular weight is 334 g/mol. The summed E-state index contributed by atoms with van der Waals surface area (Å²) in [4.78, 5) is 10.8. The van der Waals surface area contributed by atoms with E-state index in [-0.39, 0.29) is 12.5 Å². The molecule has 2 rings (SSSR count). The van der Waals surface area contributed by atoms with E-state index in [0.29, 0.717) is 0 Å². The summed E-state index contributed by atoms with van der Waals surface area (Å²) in [6.45, 7) is 2.17. The van der Waals surface area contributed by atoms with E-state index in [1.54, 1.807) is 0 Å². The molecule has 2 saturated carbocycles. The van der Waals surface area contributed by atoms with Gasteiger partial charge in [0.25, 0.3) is 0 Å². The highest BCUT2D eigenvalue weighted by atomic mass is 19.4. The van der Waals surface area contributed by atoms with Gasteiger partial charge in [0.05, 0.1) is 6.61 Å². The summed E-state index contributed by atoms with van der Waals surface area (Å²) in [5.74, 6) is 0.506. The molecule has 2 nitrogen and oxygen atoms in total. The van der Waals surface area contributed by atoms with Gasteiger partial charge in [0, 0.05) is 0 Å². The van der Waals surface area contributed by atoms with Crippen LogP contribution in [-0.4, -0.2) is 18.8 Å². The van der Waals surface area contributed by atoms with E-state index in [1.165, 1.54) is 38.5 Å². The predicted octanol–water partition coefficient (Wildman–Crippen LogP) is 5.50. The van der Waals surface area contributed by atoms with Crippen molar-refractivity contribution in [1.29, 1.82) is 0 Å². The highest BCUT2D eigenvalue weighted by molar-refractivity contribution is 5.75. The molecule has 0 unspecified atom stereocenters. The Hall–Kier alpha value is -0.740. The molecule has 5 heteroatoms. The van der Waals surface area contributed by atoms with Gasteiger partial charge in [0.2, 0.25) is 0 Å². The average Bonchev–Trinajstić information content (AvgIpc) is 2.53. The second-order valence-corrected chi connectivity index (χ2v) is 7.45. The number of rotatable bonds is 5. The molecule has 0 spiro atoms. The Morgan fingerprint density at radius 1 is 0.913 bits per heavy atom. The first-order chi connectivity index (χ1) is 10.9. The molecule has 23 heavy (non-hydrogen) atoms. The van der Waals surface area contributed by atoms with Crippen molar-refractivity contribution in [3.8, 4) is 0 Å². The van der Waals surface area contributed by atoms with Gasteiger partial charge in [-0.15, -0.1) is 0 Å². The molecule has 0 amide bonds. The number of carbonyl (C=O) groups excluding carboxylic acids is 1. The fraction of sp³-hybridized carbons (Fsp3) is 0.944. The normalized spacial score (nSPS) is 32.5. The molecule has 0 saturated heterocycles. The first kappa shape index (κ1) is 18.6. The van der Waals surface area contributed by atoms with Crippen LogP contribution in [0.3, 0.4) is 0 Å². The molecule has 0 radical (unpaired) electrons. The van der Waals surface area contributed by atoms with Crippen LogP contribution in [0.15, 0.2) is 0 Å². The summed E-state index contributed by atoms with van der Waals surface area (Å²) >= 11 is 0. The van der Waals surface area contributed by atoms with Gasteiger partial charge in [-0.05, 0) is 62.2 Å².